The molecule has 11 heteroatoms. The minimum absolute atomic E-state index is 0.00879. The van der Waals surface area contributed by atoms with E-state index in [-0.39, 0.29) is 18.7 Å². The van der Waals surface area contributed by atoms with Gasteiger partial charge in [-0.3, -0.25) is 24.1 Å². The number of fused-ring (bicyclic) bond motifs is 1. The number of methoxy groups -OCH3 is 1. The number of hydrogen-bond donors (Lipinski definition) is 3. The minimum atomic E-state index is -1.75. The van der Waals surface area contributed by atoms with Crippen LogP contribution in [-0.4, -0.2) is 92.2 Å². The average molecular weight is 627 g/mol. The van der Waals surface area contributed by atoms with Gasteiger partial charge < -0.3 is 30.6 Å². The van der Waals surface area contributed by atoms with Crippen LogP contribution in [0.5, 0.6) is 5.75 Å². The average Bonchev–Trinajstić information content (AvgIpc) is 3.43. The second-order valence-electron chi connectivity index (χ2n) is 13.6. The third-order valence-corrected chi connectivity index (χ3v) is 10.8. The van der Waals surface area contributed by atoms with Crippen molar-refractivity contribution in [1.29, 1.82) is 0 Å². The SMILES string of the molecule is COc1ccc(C[C@](NC(=O)CN2CCOCC2)(C(=O)N[C@@H](CC2[C@H]3CCC[C@@H]23)C(=O)[C@@]2(C)CCCCO2)[C@H](C)C(N)=O)cc1. The molecular weight excluding hydrogens is 576 g/mol. The molecule has 1 aromatic rings. The summed E-state index contributed by atoms with van der Waals surface area (Å²) in [6, 6.07) is 6.31. The molecule has 4 N–H and O–H groups in total. The lowest BCUT2D eigenvalue weighted by Gasteiger charge is -2.40. The van der Waals surface area contributed by atoms with Gasteiger partial charge in [0.2, 0.25) is 17.7 Å². The van der Waals surface area contributed by atoms with Crippen LogP contribution in [0.15, 0.2) is 24.3 Å². The van der Waals surface area contributed by atoms with Crippen LogP contribution in [0.2, 0.25) is 0 Å². The molecule has 0 spiro atoms. The van der Waals surface area contributed by atoms with Gasteiger partial charge >= 0.3 is 0 Å². The van der Waals surface area contributed by atoms with Crippen LogP contribution in [0.3, 0.4) is 0 Å². The lowest BCUT2D eigenvalue weighted by molar-refractivity contribution is -0.153. The van der Waals surface area contributed by atoms with E-state index in [4.69, 9.17) is 19.9 Å². The van der Waals surface area contributed by atoms with E-state index in [0.717, 1.165) is 25.7 Å². The summed E-state index contributed by atoms with van der Waals surface area (Å²) >= 11 is 0. The van der Waals surface area contributed by atoms with E-state index in [1.54, 1.807) is 38.3 Å². The molecule has 1 aromatic carbocycles. The maximum atomic E-state index is 14.7. The Morgan fingerprint density at radius 2 is 1.76 bits per heavy atom. The number of nitrogens with one attached hydrogen (secondary N) is 2. The lowest BCUT2D eigenvalue weighted by Crippen LogP contribution is -2.69. The van der Waals surface area contributed by atoms with Crippen LogP contribution < -0.4 is 21.1 Å². The molecule has 2 saturated heterocycles. The third kappa shape index (κ3) is 7.52. The molecule has 1 unspecified atom stereocenters. The number of amides is 3. The highest BCUT2D eigenvalue weighted by Gasteiger charge is 2.56. The van der Waals surface area contributed by atoms with Crippen LogP contribution in [0.25, 0.3) is 0 Å². The molecule has 4 fully saturated rings. The normalized spacial score (nSPS) is 29.0. The molecule has 2 heterocycles. The fourth-order valence-electron chi connectivity index (χ4n) is 7.81. The van der Waals surface area contributed by atoms with Crippen LogP contribution in [-0.2, 0) is 35.1 Å². The lowest BCUT2D eigenvalue weighted by atomic mass is 9.77. The Morgan fingerprint density at radius 1 is 1.07 bits per heavy atom. The molecule has 7 atom stereocenters. The fraction of sp³-hybridized carbons (Fsp3) is 0.706. The standard InChI is InChI=1S/C34H50N4O7/c1-22(31(35)41)34(20-23-9-11-24(43-3)12-10-23,37-29(39)21-38-14-17-44-18-15-38)32(42)36-28(19-27-25-7-6-8-26(25)27)30(40)33(2)13-4-5-16-45-33/h9-12,22,25-28H,4-8,13-21H2,1-3H3,(H2,35,41)(H,36,42)(H,37,39)/t22-,25-,26+,27?,28+,33-,34-/m1/s1. The van der Waals surface area contributed by atoms with Gasteiger partial charge in [0.1, 0.15) is 16.9 Å². The molecule has 2 saturated carbocycles. The molecule has 4 aliphatic rings. The molecule has 2 aliphatic carbocycles. The summed E-state index contributed by atoms with van der Waals surface area (Å²) in [4.78, 5) is 57.5. The zero-order valence-corrected chi connectivity index (χ0v) is 27.0. The predicted octanol–water partition coefficient (Wildman–Crippen LogP) is 2.00. The number of Topliss-reactive ketones (excluding diaryl/α,β-unsaturated/α-hetero) is 1. The van der Waals surface area contributed by atoms with Crippen molar-refractivity contribution in [3.63, 3.8) is 0 Å². The van der Waals surface area contributed by atoms with Gasteiger partial charge in [0.05, 0.1) is 38.8 Å². The summed E-state index contributed by atoms with van der Waals surface area (Å²) in [7, 11) is 1.56. The quantitative estimate of drug-likeness (QED) is 0.284. The smallest absolute Gasteiger partial charge is 0.247 e. The van der Waals surface area contributed by atoms with Gasteiger partial charge in [-0.25, -0.2) is 0 Å². The molecule has 2 aliphatic heterocycles. The van der Waals surface area contributed by atoms with Gasteiger partial charge in [-0.1, -0.05) is 25.5 Å². The summed E-state index contributed by atoms with van der Waals surface area (Å²) in [5.74, 6) is -0.809. The van der Waals surface area contributed by atoms with Crippen LogP contribution in [0.1, 0.15) is 64.4 Å². The summed E-state index contributed by atoms with van der Waals surface area (Å²) < 4.78 is 16.8. The van der Waals surface area contributed by atoms with E-state index < -0.39 is 40.8 Å². The Hall–Kier alpha value is -3.02. The number of nitrogens with zero attached hydrogens (tertiary/aromatic N) is 1. The van der Waals surface area contributed by atoms with Crippen molar-refractivity contribution < 1.29 is 33.4 Å². The number of carbonyl (C=O) groups excluding carboxylic acids is 4. The Morgan fingerprint density at radius 3 is 2.36 bits per heavy atom. The summed E-state index contributed by atoms with van der Waals surface area (Å²) in [5, 5.41) is 6.05. The Balaban J connectivity index is 1.47. The monoisotopic (exact) mass is 626 g/mol. The highest BCUT2D eigenvalue weighted by atomic mass is 16.5. The molecule has 5 rings (SSSR count). The highest BCUT2D eigenvalue weighted by Crippen LogP contribution is 2.59. The number of ketones is 1. The second kappa shape index (κ2) is 14.2. The maximum absolute atomic E-state index is 14.7. The first kappa shape index (κ1) is 33.3. The molecule has 45 heavy (non-hydrogen) atoms. The van der Waals surface area contributed by atoms with Crippen molar-refractivity contribution in [3.8, 4) is 5.75 Å². The van der Waals surface area contributed by atoms with Crippen LogP contribution in [0.4, 0.5) is 0 Å². The number of benzene rings is 1. The van der Waals surface area contributed by atoms with Gasteiger partial charge in [0.15, 0.2) is 5.78 Å². The first-order valence-electron chi connectivity index (χ1n) is 16.6. The van der Waals surface area contributed by atoms with Crippen LogP contribution in [0, 0.1) is 23.7 Å². The summed E-state index contributed by atoms with van der Waals surface area (Å²) in [5.41, 5.74) is 3.84. The second-order valence-corrected chi connectivity index (χ2v) is 13.6. The number of nitrogens with two attached hydrogens (primary N) is 1. The zero-order valence-electron chi connectivity index (χ0n) is 27.0. The molecule has 248 valence electrons. The van der Waals surface area contributed by atoms with E-state index in [9.17, 15) is 19.2 Å². The van der Waals surface area contributed by atoms with E-state index in [1.807, 2.05) is 11.8 Å². The van der Waals surface area contributed by atoms with E-state index in [1.165, 1.54) is 6.42 Å². The molecule has 0 bridgehead atoms. The Bertz CT molecular complexity index is 1220. The number of ether oxygens (including phenoxy) is 3. The van der Waals surface area contributed by atoms with Gasteiger partial charge in [0, 0.05) is 26.1 Å². The Kier molecular flexibility index (Phi) is 10.5. The number of carbonyl (C=O) groups is 4. The van der Waals surface area contributed by atoms with Gasteiger partial charge in [-0.2, -0.15) is 0 Å². The van der Waals surface area contributed by atoms with Crippen molar-refractivity contribution in [2.75, 3.05) is 46.6 Å². The minimum Gasteiger partial charge on any atom is -0.497 e. The number of rotatable bonds is 14. The van der Waals surface area contributed by atoms with Crippen molar-refractivity contribution in [3.05, 3.63) is 29.8 Å². The third-order valence-electron chi connectivity index (χ3n) is 10.8. The van der Waals surface area contributed by atoms with Crippen molar-refractivity contribution >= 4 is 23.5 Å². The van der Waals surface area contributed by atoms with E-state index >= 15 is 0 Å². The number of primary amides is 1. The van der Waals surface area contributed by atoms with Gasteiger partial charge in [-0.05, 0) is 80.9 Å². The topological polar surface area (TPSA) is 149 Å². The summed E-state index contributed by atoms with van der Waals surface area (Å²) in [6.45, 7) is 6.09. The predicted molar refractivity (Wildman–Crippen MR) is 167 cm³/mol. The first-order valence-corrected chi connectivity index (χ1v) is 16.6. The van der Waals surface area contributed by atoms with Crippen molar-refractivity contribution in [2.45, 2.75) is 82.4 Å². The Labute approximate surface area is 266 Å². The van der Waals surface area contributed by atoms with Gasteiger partial charge in [0.25, 0.3) is 0 Å². The largest absolute Gasteiger partial charge is 0.497 e. The number of hydrogen-bond acceptors (Lipinski definition) is 8. The molecule has 0 aromatic heterocycles. The fourth-order valence-corrected chi connectivity index (χ4v) is 7.81. The van der Waals surface area contributed by atoms with Gasteiger partial charge in [-0.15, -0.1) is 0 Å². The van der Waals surface area contributed by atoms with E-state index in [2.05, 4.69) is 10.6 Å². The molecule has 11 nitrogen and oxygen atoms in total. The van der Waals surface area contributed by atoms with Crippen molar-refractivity contribution in [1.82, 2.24) is 15.5 Å². The molecule has 0 radical (unpaired) electrons. The summed E-state index contributed by atoms with van der Waals surface area (Å²) in [6.07, 6.45) is 6.35. The van der Waals surface area contributed by atoms with Crippen LogP contribution >= 0.6 is 0 Å². The first-order chi connectivity index (χ1) is 21.6. The molecular formula is C34H50N4O7. The molecule has 3 amide bonds. The maximum Gasteiger partial charge on any atom is 0.247 e. The zero-order chi connectivity index (χ0) is 32.2. The van der Waals surface area contributed by atoms with Crippen molar-refractivity contribution in [2.24, 2.45) is 29.4 Å². The van der Waals surface area contributed by atoms with E-state index in [0.29, 0.717) is 74.8 Å². The highest BCUT2D eigenvalue weighted by molar-refractivity contribution is 6.01. The number of morpholine rings is 1.